The summed E-state index contributed by atoms with van der Waals surface area (Å²) in [5, 5.41) is 4.87. The Labute approximate surface area is 154 Å². The van der Waals surface area contributed by atoms with Crippen LogP contribution in [-0.4, -0.2) is 36.4 Å². The van der Waals surface area contributed by atoms with Crippen LogP contribution in [0.5, 0.6) is 0 Å². The van der Waals surface area contributed by atoms with Gasteiger partial charge >= 0.3 is 0 Å². The molecule has 0 saturated carbocycles. The summed E-state index contributed by atoms with van der Waals surface area (Å²) in [5.74, 6) is 5.49. The standard InChI is InChI=1S/C19H25N5S/c1-24(2)14-17(16-11-7-4-8-12-16)18(22-23-19(25)21-20)13-15-9-5-3-6-10-15/h3-12,17H,13-14,20H2,1-2H3,(H2,21,23,25)/b22-18-/t17-/m1/s1. The quantitative estimate of drug-likeness (QED) is 0.308. The van der Waals surface area contributed by atoms with Crippen LogP contribution in [0.25, 0.3) is 0 Å². The molecular formula is C19H25N5S. The van der Waals surface area contributed by atoms with Crippen LogP contribution in [-0.2, 0) is 6.42 Å². The van der Waals surface area contributed by atoms with E-state index in [1.165, 1.54) is 11.1 Å². The third-order valence-corrected chi connectivity index (χ3v) is 4.02. The van der Waals surface area contributed by atoms with Crippen molar-refractivity contribution in [1.29, 1.82) is 0 Å². The van der Waals surface area contributed by atoms with E-state index in [1.807, 2.05) is 24.3 Å². The molecule has 0 heterocycles. The minimum Gasteiger partial charge on any atom is -0.308 e. The second kappa shape index (κ2) is 9.88. The predicted molar refractivity (Wildman–Crippen MR) is 108 cm³/mol. The zero-order valence-electron chi connectivity index (χ0n) is 14.6. The fourth-order valence-corrected chi connectivity index (χ4v) is 2.70. The van der Waals surface area contributed by atoms with Crippen molar-refractivity contribution in [1.82, 2.24) is 15.8 Å². The lowest BCUT2D eigenvalue weighted by Crippen LogP contribution is -2.38. The first kappa shape index (κ1) is 19.1. The van der Waals surface area contributed by atoms with E-state index in [1.54, 1.807) is 0 Å². The zero-order chi connectivity index (χ0) is 18.1. The summed E-state index contributed by atoms with van der Waals surface area (Å²) in [6.45, 7) is 0.847. The van der Waals surface area contributed by atoms with Gasteiger partial charge < -0.3 is 4.90 Å². The van der Waals surface area contributed by atoms with Crippen molar-refractivity contribution in [3.8, 4) is 0 Å². The molecule has 2 aromatic carbocycles. The molecule has 4 N–H and O–H groups in total. The van der Waals surface area contributed by atoms with Gasteiger partial charge in [-0.1, -0.05) is 60.7 Å². The van der Waals surface area contributed by atoms with E-state index in [4.69, 9.17) is 18.1 Å². The molecule has 0 aliphatic carbocycles. The van der Waals surface area contributed by atoms with Gasteiger partial charge in [0.2, 0.25) is 5.11 Å². The van der Waals surface area contributed by atoms with Crippen LogP contribution in [0.4, 0.5) is 0 Å². The molecule has 2 rings (SSSR count). The van der Waals surface area contributed by atoms with E-state index in [-0.39, 0.29) is 5.92 Å². The Morgan fingerprint density at radius 1 is 1.08 bits per heavy atom. The van der Waals surface area contributed by atoms with Gasteiger partial charge in [0.1, 0.15) is 0 Å². The molecule has 0 bridgehead atoms. The number of nitrogens with zero attached hydrogens (tertiary/aromatic N) is 2. The molecule has 0 saturated heterocycles. The van der Waals surface area contributed by atoms with E-state index < -0.39 is 0 Å². The number of nitrogens with two attached hydrogens (primary N) is 1. The fourth-order valence-electron chi connectivity index (χ4n) is 2.65. The van der Waals surface area contributed by atoms with E-state index in [0.29, 0.717) is 5.11 Å². The molecule has 0 fully saturated rings. The molecule has 0 radical (unpaired) electrons. The van der Waals surface area contributed by atoms with Crippen LogP contribution >= 0.6 is 12.2 Å². The average Bonchev–Trinajstić information content (AvgIpc) is 2.64. The second-order valence-electron chi connectivity index (χ2n) is 6.08. The number of rotatable bonds is 7. The average molecular weight is 356 g/mol. The lowest BCUT2D eigenvalue weighted by molar-refractivity contribution is 0.401. The molecule has 0 aliphatic rings. The zero-order valence-corrected chi connectivity index (χ0v) is 15.5. The second-order valence-corrected chi connectivity index (χ2v) is 6.48. The Morgan fingerprint density at radius 2 is 1.68 bits per heavy atom. The molecule has 0 unspecified atom stereocenters. The molecule has 6 heteroatoms. The maximum Gasteiger partial charge on any atom is 0.201 e. The molecule has 25 heavy (non-hydrogen) atoms. The number of hydrazone groups is 1. The van der Waals surface area contributed by atoms with E-state index in [9.17, 15) is 0 Å². The van der Waals surface area contributed by atoms with E-state index in [0.717, 1.165) is 18.7 Å². The first-order valence-corrected chi connectivity index (χ1v) is 8.57. The van der Waals surface area contributed by atoms with Gasteiger partial charge in [-0.2, -0.15) is 5.10 Å². The van der Waals surface area contributed by atoms with Crippen LogP contribution in [0.1, 0.15) is 17.0 Å². The Hall–Kier alpha value is -2.28. The third kappa shape index (κ3) is 6.26. The van der Waals surface area contributed by atoms with Crippen LogP contribution in [0, 0.1) is 0 Å². The van der Waals surface area contributed by atoms with Crippen LogP contribution in [0.2, 0.25) is 0 Å². The van der Waals surface area contributed by atoms with Gasteiger partial charge in [0.15, 0.2) is 0 Å². The number of hydrogen-bond acceptors (Lipinski definition) is 4. The summed E-state index contributed by atoms with van der Waals surface area (Å²) in [6.07, 6.45) is 0.731. The topological polar surface area (TPSA) is 65.7 Å². The van der Waals surface area contributed by atoms with E-state index >= 15 is 0 Å². The Kier molecular flexibility index (Phi) is 7.53. The van der Waals surface area contributed by atoms with Gasteiger partial charge in [0.05, 0.1) is 5.71 Å². The van der Waals surface area contributed by atoms with Crippen molar-refractivity contribution in [2.24, 2.45) is 10.9 Å². The van der Waals surface area contributed by atoms with Crippen molar-refractivity contribution in [2.45, 2.75) is 12.3 Å². The molecule has 1 atom stereocenters. The Bertz CT molecular complexity index is 685. The molecule has 2 aromatic rings. The molecule has 132 valence electrons. The summed E-state index contributed by atoms with van der Waals surface area (Å²) < 4.78 is 0. The molecule has 0 aromatic heterocycles. The molecule has 0 amide bonds. The maximum atomic E-state index is 5.35. The first-order valence-electron chi connectivity index (χ1n) is 8.16. The van der Waals surface area contributed by atoms with Crippen molar-refractivity contribution in [3.05, 3.63) is 71.8 Å². The monoisotopic (exact) mass is 355 g/mol. The lowest BCUT2D eigenvalue weighted by atomic mass is 9.90. The molecule has 0 spiro atoms. The Morgan fingerprint density at radius 3 is 2.24 bits per heavy atom. The fraction of sp³-hybridized carbons (Fsp3) is 0.263. The highest BCUT2D eigenvalue weighted by Gasteiger charge is 2.20. The maximum absolute atomic E-state index is 5.35. The lowest BCUT2D eigenvalue weighted by Gasteiger charge is -2.24. The van der Waals surface area contributed by atoms with Crippen LogP contribution in [0.15, 0.2) is 65.8 Å². The normalized spacial score (nSPS) is 12.7. The summed E-state index contributed by atoms with van der Waals surface area (Å²) in [6, 6.07) is 20.7. The highest BCUT2D eigenvalue weighted by atomic mass is 32.1. The Balaban J connectivity index is 2.36. The van der Waals surface area contributed by atoms with Gasteiger partial charge in [-0.25, -0.2) is 5.84 Å². The summed E-state index contributed by atoms with van der Waals surface area (Å²) >= 11 is 5.06. The smallest absolute Gasteiger partial charge is 0.201 e. The minimum atomic E-state index is 0.143. The largest absolute Gasteiger partial charge is 0.308 e. The SMILES string of the molecule is CN(C)C[C@@H](/C(Cc1ccccc1)=N\NC(=S)NN)c1ccccc1. The highest BCUT2D eigenvalue weighted by molar-refractivity contribution is 7.80. The predicted octanol–water partition coefficient (Wildman–Crippen LogP) is 2.27. The number of likely N-dealkylation sites (N-methyl/N-ethyl adjacent to an activating group) is 1. The number of hydrazine groups is 1. The number of nitrogens with one attached hydrogen (secondary N) is 2. The van der Waals surface area contributed by atoms with Crippen molar-refractivity contribution in [3.63, 3.8) is 0 Å². The first-order chi connectivity index (χ1) is 12.1. The molecule has 5 nitrogen and oxygen atoms in total. The van der Waals surface area contributed by atoms with Crippen LogP contribution < -0.4 is 16.7 Å². The van der Waals surface area contributed by atoms with Crippen molar-refractivity contribution >= 4 is 23.0 Å². The summed E-state index contributed by atoms with van der Waals surface area (Å²) in [5.41, 5.74) is 8.68. The third-order valence-electron chi connectivity index (χ3n) is 3.81. The summed E-state index contributed by atoms with van der Waals surface area (Å²) in [7, 11) is 4.13. The van der Waals surface area contributed by atoms with Crippen molar-refractivity contribution < 1.29 is 0 Å². The number of thiocarbonyl (C=S) groups is 1. The van der Waals surface area contributed by atoms with Gasteiger partial charge in [0.25, 0.3) is 0 Å². The number of benzene rings is 2. The van der Waals surface area contributed by atoms with Crippen LogP contribution in [0.3, 0.4) is 0 Å². The van der Waals surface area contributed by atoms with Gasteiger partial charge in [-0.05, 0) is 37.4 Å². The van der Waals surface area contributed by atoms with Gasteiger partial charge in [-0.15, -0.1) is 0 Å². The highest BCUT2D eigenvalue weighted by Crippen LogP contribution is 2.21. The molecule has 0 aliphatic heterocycles. The minimum absolute atomic E-state index is 0.143. The van der Waals surface area contributed by atoms with E-state index in [2.05, 4.69) is 71.3 Å². The van der Waals surface area contributed by atoms with Gasteiger partial charge in [-0.3, -0.25) is 10.9 Å². The van der Waals surface area contributed by atoms with Gasteiger partial charge in [0, 0.05) is 18.9 Å². The molecular weight excluding hydrogens is 330 g/mol. The van der Waals surface area contributed by atoms with Crippen molar-refractivity contribution in [2.75, 3.05) is 20.6 Å². The summed E-state index contributed by atoms with van der Waals surface area (Å²) in [4.78, 5) is 2.16. The number of hydrogen-bond donors (Lipinski definition) is 3.